The highest BCUT2D eigenvalue weighted by Gasteiger charge is 2.23. The fraction of sp³-hybridized carbons (Fsp3) is 0.565. The fourth-order valence-corrected chi connectivity index (χ4v) is 4.17. The molecule has 6 heteroatoms. The van der Waals surface area contributed by atoms with Crippen molar-refractivity contribution in [2.45, 2.75) is 32.6 Å². The quantitative estimate of drug-likeness (QED) is 0.421. The zero-order valence-electron chi connectivity index (χ0n) is 17.6. The minimum atomic E-state index is -0.157. The van der Waals surface area contributed by atoms with Crippen LogP contribution in [0.1, 0.15) is 38.2 Å². The number of hydrogen-bond donors (Lipinski definition) is 2. The number of nitrogens with zero attached hydrogens (tertiary/aromatic N) is 3. The van der Waals surface area contributed by atoms with Crippen LogP contribution in [0.4, 0.5) is 0 Å². The third-order valence-electron chi connectivity index (χ3n) is 5.79. The molecule has 0 radical (unpaired) electrons. The first kappa shape index (κ1) is 21.4. The lowest BCUT2D eigenvalue weighted by atomic mass is 9.97. The number of benzene rings is 1. The number of nitrogens with one attached hydrogen (secondary N) is 1. The van der Waals surface area contributed by atoms with Crippen LogP contribution in [0, 0.1) is 5.92 Å². The first-order valence-corrected chi connectivity index (χ1v) is 11.0. The van der Waals surface area contributed by atoms with Crippen LogP contribution < -0.4 is 11.1 Å². The molecule has 1 unspecified atom stereocenters. The summed E-state index contributed by atoms with van der Waals surface area (Å²) in [6.45, 7) is 8.50. The molecule has 2 aliphatic rings. The maximum absolute atomic E-state index is 11.4. The molecule has 0 aromatic heterocycles. The average Bonchev–Trinajstić information content (AvgIpc) is 2.77. The summed E-state index contributed by atoms with van der Waals surface area (Å²) in [7, 11) is 0. The lowest BCUT2D eigenvalue weighted by Crippen LogP contribution is -2.43. The van der Waals surface area contributed by atoms with Crippen LogP contribution in [-0.4, -0.2) is 67.5 Å². The molecular weight excluding hydrogens is 362 g/mol. The molecule has 1 aromatic carbocycles. The predicted molar refractivity (Wildman–Crippen MR) is 120 cm³/mol. The van der Waals surface area contributed by atoms with Crippen LogP contribution in [0.3, 0.4) is 0 Å². The van der Waals surface area contributed by atoms with Crippen molar-refractivity contribution >= 4 is 17.4 Å². The van der Waals surface area contributed by atoms with E-state index in [2.05, 4.69) is 58.4 Å². The fourth-order valence-electron chi connectivity index (χ4n) is 4.17. The smallest absolute Gasteiger partial charge is 0.221 e. The van der Waals surface area contributed by atoms with Crippen LogP contribution in [0.2, 0.25) is 0 Å². The second-order valence-electron chi connectivity index (χ2n) is 7.92. The van der Waals surface area contributed by atoms with Crippen molar-refractivity contribution in [1.82, 2.24) is 15.1 Å². The summed E-state index contributed by atoms with van der Waals surface area (Å²) in [5.41, 5.74) is 8.23. The lowest BCUT2D eigenvalue weighted by molar-refractivity contribution is -0.123. The molecule has 3 N–H and O–H groups in total. The number of piperidine rings is 1. The third kappa shape index (κ3) is 6.32. The molecule has 29 heavy (non-hydrogen) atoms. The monoisotopic (exact) mass is 397 g/mol. The van der Waals surface area contributed by atoms with E-state index in [9.17, 15) is 4.79 Å². The number of aliphatic imine (C=N–C) groups is 1. The zero-order valence-corrected chi connectivity index (χ0v) is 17.6. The summed E-state index contributed by atoms with van der Waals surface area (Å²) in [6, 6.07) is 10.6. The molecule has 0 aliphatic carbocycles. The van der Waals surface area contributed by atoms with E-state index in [1.165, 1.54) is 11.1 Å². The summed E-state index contributed by atoms with van der Waals surface area (Å²) in [5, 5.41) is 3.44. The van der Waals surface area contributed by atoms with Gasteiger partial charge in [0.2, 0.25) is 5.91 Å². The zero-order chi connectivity index (χ0) is 20.5. The van der Waals surface area contributed by atoms with Crippen LogP contribution in [0.25, 0.3) is 5.57 Å². The summed E-state index contributed by atoms with van der Waals surface area (Å²) in [6.07, 6.45) is 6.35. The maximum Gasteiger partial charge on any atom is 0.221 e. The number of primary amides is 1. The van der Waals surface area contributed by atoms with Gasteiger partial charge in [-0.2, -0.15) is 0 Å². The summed E-state index contributed by atoms with van der Waals surface area (Å²) in [4.78, 5) is 21.0. The van der Waals surface area contributed by atoms with Crippen molar-refractivity contribution in [3.8, 4) is 0 Å². The van der Waals surface area contributed by atoms with Gasteiger partial charge in [-0.3, -0.25) is 9.79 Å². The highest BCUT2D eigenvalue weighted by Crippen LogP contribution is 2.22. The maximum atomic E-state index is 11.4. The number of guanidine groups is 1. The van der Waals surface area contributed by atoms with E-state index in [0.717, 1.165) is 77.5 Å². The van der Waals surface area contributed by atoms with Crippen molar-refractivity contribution in [1.29, 1.82) is 0 Å². The molecule has 1 amide bonds. The van der Waals surface area contributed by atoms with E-state index < -0.39 is 0 Å². The molecule has 1 aromatic rings. The van der Waals surface area contributed by atoms with E-state index in [4.69, 9.17) is 10.7 Å². The lowest BCUT2D eigenvalue weighted by Gasteiger charge is -2.31. The van der Waals surface area contributed by atoms with Gasteiger partial charge in [-0.25, -0.2) is 0 Å². The molecule has 0 bridgehead atoms. The summed E-state index contributed by atoms with van der Waals surface area (Å²) in [5.74, 6) is 0.864. The number of likely N-dealkylation sites (tertiary alicyclic amines) is 1. The minimum Gasteiger partial charge on any atom is -0.369 e. The van der Waals surface area contributed by atoms with Gasteiger partial charge in [0.25, 0.3) is 0 Å². The van der Waals surface area contributed by atoms with E-state index in [1.54, 1.807) is 0 Å². The molecule has 158 valence electrons. The standard InChI is InChI=1S/C23H35N5O/c1-2-25-23(26-13-7-15-27-14-6-10-21(18-27)22(24)29)28-16-11-20(12-17-28)19-8-4-3-5-9-19/h3-5,8-9,11,21H,2,6-7,10,12-18H2,1H3,(H2,24,29)(H,25,26). The molecular formula is C23H35N5O. The van der Waals surface area contributed by atoms with Gasteiger partial charge in [0, 0.05) is 32.7 Å². The van der Waals surface area contributed by atoms with Crippen molar-refractivity contribution in [3.05, 3.63) is 42.0 Å². The van der Waals surface area contributed by atoms with Crippen molar-refractivity contribution < 1.29 is 4.79 Å². The number of nitrogens with two attached hydrogens (primary N) is 1. The second-order valence-corrected chi connectivity index (χ2v) is 7.92. The molecule has 1 saturated heterocycles. The summed E-state index contributed by atoms with van der Waals surface area (Å²) >= 11 is 0. The largest absolute Gasteiger partial charge is 0.369 e. The van der Waals surface area contributed by atoms with Crippen LogP contribution >= 0.6 is 0 Å². The predicted octanol–water partition coefficient (Wildman–Crippen LogP) is 2.33. The average molecular weight is 398 g/mol. The van der Waals surface area contributed by atoms with Gasteiger partial charge in [0.05, 0.1) is 5.92 Å². The Morgan fingerprint density at radius 3 is 2.79 bits per heavy atom. The van der Waals surface area contributed by atoms with Gasteiger partial charge in [0.1, 0.15) is 0 Å². The van der Waals surface area contributed by atoms with E-state index in [0.29, 0.717) is 0 Å². The number of hydrogen-bond acceptors (Lipinski definition) is 3. The van der Waals surface area contributed by atoms with Gasteiger partial charge < -0.3 is 20.9 Å². The molecule has 2 aliphatic heterocycles. The summed E-state index contributed by atoms with van der Waals surface area (Å²) < 4.78 is 0. The van der Waals surface area contributed by atoms with Crippen molar-refractivity contribution in [3.63, 3.8) is 0 Å². The van der Waals surface area contributed by atoms with E-state index in [1.807, 2.05) is 0 Å². The molecule has 0 spiro atoms. The van der Waals surface area contributed by atoms with Crippen LogP contribution in [0.5, 0.6) is 0 Å². The Labute approximate surface area is 174 Å². The van der Waals surface area contributed by atoms with Gasteiger partial charge in [-0.1, -0.05) is 36.4 Å². The van der Waals surface area contributed by atoms with Gasteiger partial charge in [0.15, 0.2) is 5.96 Å². The second kappa shape index (κ2) is 11.0. The first-order valence-electron chi connectivity index (χ1n) is 11.0. The minimum absolute atomic E-state index is 0.0171. The number of amides is 1. The highest BCUT2D eigenvalue weighted by atomic mass is 16.1. The van der Waals surface area contributed by atoms with Gasteiger partial charge in [-0.05, 0) is 56.8 Å². The van der Waals surface area contributed by atoms with E-state index >= 15 is 0 Å². The molecule has 2 heterocycles. The Kier molecular flexibility index (Phi) is 8.11. The molecule has 0 saturated carbocycles. The van der Waals surface area contributed by atoms with Crippen molar-refractivity contribution in [2.75, 3.05) is 45.8 Å². The normalized spacial score (nSPS) is 21.0. The Bertz CT molecular complexity index is 715. The van der Waals surface area contributed by atoms with E-state index in [-0.39, 0.29) is 11.8 Å². The molecule has 3 rings (SSSR count). The third-order valence-corrected chi connectivity index (χ3v) is 5.79. The SMILES string of the molecule is CCNC(=NCCCN1CCCC(C(N)=O)C1)N1CC=C(c2ccccc2)CC1. The molecule has 1 atom stereocenters. The first-order chi connectivity index (χ1) is 14.2. The van der Waals surface area contributed by atoms with Crippen LogP contribution in [0.15, 0.2) is 41.4 Å². The number of carbonyl (C=O) groups excluding carboxylic acids is 1. The van der Waals surface area contributed by atoms with Crippen LogP contribution in [-0.2, 0) is 4.79 Å². The number of carbonyl (C=O) groups is 1. The van der Waals surface area contributed by atoms with Crippen molar-refractivity contribution in [2.24, 2.45) is 16.6 Å². The Morgan fingerprint density at radius 2 is 2.10 bits per heavy atom. The van der Waals surface area contributed by atoms with Gasteiger partial charge >= 0.3 is 0 Å². The Hall–Kier alpha value is -2.34. The Morgan fingerprint density at radius 1 is 1.28 bits per heavy atom. The Balaban J connectivity index is 1.49. The molecule has 1 fully saturated rings. The molecule has 6 nitrogen and oxygen atoms in total. The number of rotatable bonds is 7. The topological polar surface area (TPSA) is 74.0 Å². The van der Waals surface area contributed by atoms with Gasteiger partial charge in [-0.15, -0.1) is 0 Å². The highest BCUT2D eigenvalue weighted by molar-refractivity contribution is 5.81.